The summed E-state index contributed by atoms with van der Waals surface area (Å²) in [5.74, 6) is 0. The van der Waals surface area contributed by atoms with Crippen molar-refractivity contribution < 1.29 is 0 Å². The first kappa shape index (κ1) is 11.0. The van der Waals surface area contributed by atoms with Crippen LogP contribution in [0.5, 0.6) is 0 Å². The summed E-state index contributed by atoms with van der Waals surface area (Å²) in [6.07, 6.45) is 0. The minimum absolute atomic E-state index is 0. The normalized spacial score (nSPS) is 11.9. The van der Waals surface area contributed by atoms with Gasteiger partial charge >= 0.3 is 0 Å². The number of hydrogen-bond acceptors (Lipinski definition) is 1. The smallest absolute Gasteiger partial charge is 0.0277 e. The van der Waals surface area contributed by atoms with Gasteiger partial charge in [-0.05, 0) is 18.6 Å². The second kappa shape index (κ2) is 4.75. The van der Waals surface area contributed by atoms with E-state index in [2.05, 4.69) is 15.9 Å². The van der Waals surface area contributed by atoms with E-state index in [-0.39, 0.29) is 18.4 Å². The van der Waals surface area contributed by atoms with E-state index in [9.17, 15) is 0 Å². The predicted octanol–water partition coefficient (Wildman–Crippen LogP) is 2.89. The van der Waals surface area contributed by atoms with Crippen LogP contribution in [0.25, 0.3) is 0 Å². The Morgan fingerprint density at radius 1 is 1.36 bits per heavy atom. The van der Waals surface area contributed by atoms with Gasteiger partial charge in [0.25, 0.3) is 0 Å². The van der Waals surface area contributed by atoms with Gasteiger partial charge in [0.15, 0.2) is 0 Å². The van der Waals surface area contributed by atoms with Crippen LogP contribution < -0.4 is 5.73 Å². The number of rotatable bonds is 1. The lowest BCUT2D eigenvalue weighted by atomic mass is 10.1. The van der Waals surface area contributed by atoms with Gasteiger partial charge in [0.2, 0.25) is 0 Å². The van der Waals surface area contributed by atoms with Gasteiger partial charge in [0.05, 0.1) is 0 Å². The van der Waals surface area contributed by atoms with Crippen molar-refractivity contribution in [2.45, 2.75) is 13.0 Å². The number of halogens is 2. The SMILES string of the molecule is C[C@H](N)c1ccccc1Br.Cl. The maximum absolute atomic E-state index is 5.68. The first-order valence-corrected chi connectivity index (χ1v) is 4.01. The molecule has 62 valence electrons. The zero-order chi connectivity index (χ0) is 7.56. The molecule has 0 amide bonds. The first-order chi connectivity index (χ1) is 4.72. The second-order valence-corrected chi connectivity index (χ2v) is 3.16. The Hall–Kier alpha value is -0.0500. The van der Waals surface area contributed by atoms with E-state index in [1.165, 1.54) is 0 Å². The lowest BCUT2D eigenvalue weighted by Gasteiger charge is -2.06. The van der Waals surface area contributed by atoms with E-state index in [0.717, 1.165) is 10.0 Å². The molecule has 1 aromatic carbocycles. The van der Waals surface area contributed by atoms with Crippen LogP contribution in [-0.4, -0.2) is 0 Å². The summed E-state index contributed by atoms with van der Waals surface area (Å²) >= 11 is 3.42. The van der Waals surface area contributed by atoms with Gasteiger partial charge in [-0.25, -0.2) is 0 Å². The molecule has 1 atom stereocenters. The van der Waals surface area contributed by atoms with Gasteiger partial charge in [0.1, 0.15) is 0 Å². The Bertz CT molecular complexity index is 225. The van der Waals surface area contributed by atoms with E-state index in [4.69, 9.17) is 5.73 Å². The van der Waals surface area contributed by atoms with Crippen molar-refractivity contribution in [2.75, 3.05) is 0 Å². The van der Waals surface area contributed by atoms with E-state index in [1.807, 2.05) is 31.2 Å². The third kappa shape index (κ3) is 2.81. The quantitative estimate of drug-likeness (QED) is 0.797. The molecule has 0 heterocycles. The van der Waals surface area contributed by atoms with E-state index < -0.39 is 0 Å². The van der Waals surface area contributed by atoms with Gasteiger partial charge in [-0.1, -0.05) is 34.1 Å². The van der Waals surface area contributed by atoms with Gasteiger partial charge in [0, 0.05) is 10.5 Å². The minimum atomic E-state index is 0. The van der Waals surface area contributed by atoms with Crippen molar-refractivity contribution in [1.82, 2.24) is 0 Å². The lowest BCUT2D eigenvalue weighted by Crippen LogP contribution is -2.05. The molecular formula is C8H11BrClN. The van der Waals surface area contributed by atoms with Gasteiger partial charge in [-0.2, -0.15) is 0 Å². The molecule has 0 fully saturated rings. The minimum Gasteiger partial charge on any atom is -0.324 e. The summed E-state index contributed by atoms with van der Waals surface area (Å²) in [6.45, 7) is 1.97. The molecule has 0 spiro atoms. The largest absolute Gasteiger partial charge is 0.324 e. The summed E-state index contributed by atoms with van der Waals surface area (Å²) in [6, 6.07) is 8.10. The molecule has 0 aromatic heterocycles. The summed E-state index contributed by atoms with van der Waals surface area (Å²) in [4.78, 5) is 0. The Kier molecular flexibility index (Phi) is 4.73. The fourth-order valence-corrected chi connectivity index (χ4v) is 1.49. The summed E-state index contributed by atoms with van der Waals surface area (Å²) in [7, 11) is 0. The molecule has 0 aliphatic rings. The maximum Gasteiger partial charge on any atom is 0.0277 e. The topological polar surface area (TPSA) is 26.0 Å². The van der Waals surface area contributed by atoms with Crippen molar-refractivity contribution in [3.05, 3.63) is 34.3 Å². The highest BCUT2D eigenvalue weighted by molar-refractivity contribution is 9.10. The number of nitrogens with two attached hydrogens (primary N) is 1. The molecule has 0 saturated heterocycles. The molecule has 0 radical (unpaired) electrons. The van der Waals surface area contributed by atoms with Crippen molar-refractivity contribution in [3.63, 3.8) is 0 Å². The molecule has 2 N–H and O–H groups in total. The zero-order valence-corrected chi connectivity index (χ0v) is 8.65. The zero-order valence-electron chi connectivity index (χ0n) is 6.25. The fraction of sp³-hybridized carbons (Fsp3) is 0.250. The highest BCUT2D eigenvalue weighted by Crippen LogP contribution is 2.20. The molecule has 0 aliphatic heterocycles. The second-order valence-electron chi connectivity index (χ2n) is 2.31. The third-order valence-electron chi connectivity index (χ3n) is 1.40. The highest BCUT2D eigenvalue weighted by atomic mass is 79.9. The third-order valence-corrected chi connectivity index (χ3v) is 2.12. The van der Waals surface area contributed by atoms with Crippen LogP contribution in [0.15, 0.2) is 28.7 Å². The molecule has 1 rings (SSSR count). The highest BCUT2D eigenvalue weighted by Gasteiger charge is 2.01. The fourth-order valence-electron chi connectivity index (χ4n) is 0.844. The molecule has 1 nitrogen and oxygen atoms in total. The van der Waals surface area contributed by atoms with Crippen LogP contribution in [-0.2, 0) is 0 Å². The Labute approximate surface area is 81.5 Å². The van der Waals surface area contributed by atoms with E-state index in [1.54, 1.807) is 0 Å². The van der Waals surface area contributed by atoms with Crippen LogP contribution in [0.1, 0.15) is 18.5 Å². The Morgan fingerprint density at radius 3 is 2.27 bits per heavy atom. The van der Waals surface area contributed by atoms with Crippen LogP contribution in [0, 0.1) is 0 Å². The Morgan fingerprint density at radius 2 is 1.91 bits per heavy atom. The summed E-state index contributed by atoms with van der Waals surface area (Å²) in [5, 5.41) is 0. The molecule has 0 aliphatic carbocycles. The van der Waals surface area contributed by atoms with Crippen molar-refractivity contribution in [1.29, 1.82) is 0 Å². The van der Waals surface area contributed by atoms with Crippen molar-refractivity contribution in [3.8, 4) is 0 Å². The van der Waals surface area contributed by atoms with Crippen LogP contribution in [0.4, 0.5) is 0 Å². The van der Waals surface area contributed by atoms with Gasteiger partial charge in [-0.15, -0.1) is 12.4 Å². The standard InChI is InChI=1S/C8H10BrN.ClH/c1-6(10)7-4-2-3-5-8(7)9;/h2-6H,10H2,1H3;1H/t6-;/m0./s1. The molecule has 0 saturated carbocycles. The van der Waals surface area contributed by atoms with Crippen LogP contribution >= 0.6 is 28.3 Å². The molecule has 0 unspecified atom stereocenters. The molecule has 11 heavy (non-hydrogen) atoms. The number of hydrogen-bond donors (Lipinski definition) is 1. The molecule has 3 heteroatoms. The summed E-state index contributed by atoms with van der Waals surface area (Å²) < 4.78 is 1.09. The maximum atomic E-state index is 5.68. The monoisotopic (exact) mass is 235 g/mol. The van der Waals surface area contributed by atoms with Crippen LogP contribution in [0.3, 0.4) is 0 Å². The van der Waals surface area contributed by atoms with E-state index in [0.29, 0.717) is 0 Å². The average Bonchev–Trinajstić information content (AvgIpc) is 1.88. The van der Waals surface area contributed by atoms with Crippen molar-refractivity contribution >= 4 is 28.3 Å². The first-order valence-electron chi connectivity index (χ1n) is 3.22. The van der Waals surface area contributed by atoms with Crippen molar-refractivity contribution in [2.24, 2.45) is 5.73 Å². The predicted molar refractivity (Wildman–Crippen MR) is 54.0 cm³/mol. The molecular weight excluding hydrogens is 225 g/mol. The molecule has 1 aromatic rings. The average molecular weight is 237 g/mol. The lowest BCUT2D eigenvalue weighted by molar-refractivity contribution is 0.813. The van der Waals surface area contributed by atoms with E-state index >= 15 is 0 Å². The Balaban J connectivity index is 0.000001000. The molecule has 0 bridgehead atoms. The van der Waals surface area contributed by atoms with Gasteiger partial charge < -0.3 is 5.73 Å². The number of benzene rings is 1. The summed E-state index contributed by atoms with van der Waals surface area (Å²) in [5.41, 5.74) is 6.84. The van der Waals surface area contributed by atoms with Gasteiger partial charge in [-0.3, -0.25) is 0 Å². The van der Waals surface area contributed by atoms with Crippen LogP contribution in [0.2, 0.25) is 0 Å².